The van der Waals surface area contributed by atoms with Gasteiger partial charge in [-0.2, -0.15) is 0 Å². The van der Waals surface area contributed by atoms with E-state index in [0.29, 0.717) is 22.6 Å². The van der Waals surface area contributed by atoms with Crippen LogP contribution >= 0.6 is 11.6 Å². The van der Waals surface area contributed by atoms with Gasteiger partial charge in [-0.1, -0.05) is 50.6 Å². The number of nitrogen functional groups attached to an aromatic ring is 1. The van der Waals surface area contributed by atoms with E-state index >= 15 is 0 Å². The van der Waals surface area contributed by atoms with E-state index in [2.05, 4.69) is 22.2 Å². The van der Waals surface area contributed by atoms with Crippen molar-refractivity contribution in [3.8, 4) is 0 Å². The van der Waals surface area contributed by atoms with Crippen LogP contribution in [0.4, 0.5) is 11.5 Å². The number of nitrogens with two attached hydrogens (primary N) is 1. The van der Waals surface area contributed by atoms with Crippen molar-refractivity contribution in [2.75, 3.05) is 17.6 Å². The van der Waals surface area contributed by atoms with Gasteiger partial charge < -0.3 is 11.1 Å². The Morgan fingerprint density at radius 1 is 1.20 bits per heavy atom. The molecule has 3 N–H and O–H groups in total. The maximum Gasteiger partial charge on any atom is 0.157 e. The quantitative estimate of drug-likeness (QED) is 0.604. The Balaban J connectivity index is 2.07. The van der Waals surface area contributed by atoms with E-state index in [1.165, 1.54) is 32.1 Å². The number of hydrogen-bond acceptors (Lipinski definition) is 4. The van der Waals surface area contributed by atoms with Crippen LogP contribution in [-0.4, -0.2) is 16.5 Å². The molecule has 0 radical (unpaired) electrons. The van der Waals surface area contributed by atoms with Gasteiger partial charge in [0.1, 0.15) is 11.5 Å². The molecule has 1 aromatic heterocycles. The van der Waals surface area contributed by atoms with Crippen LogP contribution in [0.5, 0.6) is 0 Å². The monoisotopic (exact) mass is 296 g/mol. The normalized spacial score (nSPS) is 16.3. The summed E-state index contributed by atoms with van der Waals surface area (Å²) in [6, 6.07) is 0. The average molecular weight is 297 g/mol. The van der Waals surface area contributed by atoms with Crippen molar-refractivity contribution in [3.05, 3.63) is 11.0 Å². The number of rotatable bonds is 6. The van der Waals surface area contributed by atoms with Gasteiger partial charge in [-0.25, -0.2) is 9.97 Å². The number of nitrogens with one attached hydrogen (secondary N) is 1. The van der Waals surface area contributed by atoms with Crippen molar-refractivity contribution in [1.82, 2.24) is 9.97 Å². The van der Waals surface area contributed by atoms with E-state index in [1.54, 1.807) is 0 Å². The summed E-state index contributed by atoms with van der Waals surface area (Å²) >= 11 is 6.16. The van der Waals surface area contributed by atoms with Gasteiger partial charge in [0.2, 0.25) is 0 Å². The lowest BCUT2D eigenvalue weighted by Crippen LogP contribution is -2.13. The largest absolute Gasteiger partial charge is 0.393 e. The molecule has 1 fully saturated rings. The lowest BCUT2D eigenvalue weighted by molar-refractivity contribution is 0.429. The standard InChI is InChI=1S/C15H25ClN4/c1-2-3-7-10-18-15-12(17)13(16)19-14(20-15)11-8-5-4-6-9-11/h11H,2-10,17H2,1H3,(H,18,19,20). The zero-order valence-electron chi connectivity index (χ0n) is 12.3. The molecule has 0 aliphatic heterocycles. The molecule has 1 aromatic rings. The molecule has 20 heavy (non-hydrogen) atoms. The van der Waals surface area contributed by atoms with E-state index in [-0.39, 0.29) is 0 Å². The second-order valence-corrected chi connectivity index (χ2v) is 5.96. The number of hydrogen-bond donors (Lipinski definition) is 2. The SMILES string of the molecule is CCCCCNc1nc(C2CCCCC2)nc(Cl)c1N. The van der Waals surface area contributed by atoms with Crippen molar-refractivity contribution < 1.29 is 0 Å². The van der Waals surface area contributed by atoms with Crippen LogP contribution < -0.4 is 11.1 Å². The summed E-state index contributed by atoms with van der Waals surface area (Å²) in [4.78, 5) is 9.01. The molecule has 1 heterocycles. The first-order chi connectivity index (χ1) is 9.72. The molecule has 0 aromatic carbocycles. The van der Waals surface area contributed by atoms with Gasteiger partial charge in [-0.05, 0) is 19.3 Å². The van der Waals surface area contributed by atoms with Gasteiger partial charge in [-0.15, -0.1) is 0 Å². The summed E-state index contributed by atoms with van der Waals surface area (Å²) in [5, 5.41) is 3.70. The highest BCUT2D eigenvalue weighted by Gasteiger charge is 2.20. The zero-order valence-corrected chi connectivity index (χ0v) is 13.0. The maximum atomic E-state index is 6.16. The van der Waals surface area contributed by atoms with Crippen molar-refractivity contribution in [2.45, 2.75) is 64.2 Å². The Kier molecular flexibility index (Phi) is 5.89. The Bertz CT molecular complexity index is 430. The molecule has 0 bridgehead atoms. The lowest BCUT2D eigenvalue weighted by atomic mass is 9.89. The number of halogens is 1. The molecular formula is C15H25ClN4. The smallest absolute Gasteiger partial charge is 0.157 e. The van der Waals surface area contributed by atoms with Crippen LogP contribution in [0.3, 0.4) is 0 Å². The van der Waals surface area contributed by atoms with E-state index in [0.717, 1.165) is 31.6 Å². The first-order valence-corrected chi connectivity index (χ1v) is 8.17. The van der Waals surface area contributed by atoms with Gasteiger partial charge in [0.25, 0.3) is 0 Å². The summed E-state index contributed by atoms with van der Waals surface area (Å²) in [5.41, 5.74) is 6.45. The minimum Gasteiger partial charge on any atom is -0.393 e. The summed E-state index contributed by atoms with van der Waals surface area (Å²) in [6.07, 6.45) is 9.70. The summed E-state index contributed by atoms with van der Waals surface area (Å²) in [6.45, 7) is 3.08. The Hall–Kier alpha value is -1.03. The van der Waals surface area contributed by atoms with E-state index in [9.17, 15) is 0 Å². The van der Waals surface area contributed by atoms with Crippen LogP contribution in [0.2, 0.25) is 5.15 Å². The van der Waals surface area contributed by atoms with Crippen LogP contribution in [-0.2, 0) is 0 Å². The van der Waals surface area contributed by atoms with Gasteiger partial charge >= 0.3 is 0 Å². The van der Waals surface area contributed by atoms with Crippen molar-refractivity contribution >= 4 is 23.1 Å². The third-order valence-corrected chi connectivity index (χ3v) is 4.25. The first kappa shape index (κ1) is 15.4. The summed E-state index contributed by atoms with van der Waals surface area (Å²) in [5.74, 6) is 2.02. The summed E-state index contributed by atoms with van der Waals surface area (Å²) in [7, 11) is 0. The number of aromatic nitrogens is 2. The fraction of sp³-hybridized carbons (Fsp3) is 0.733. The molecule has 0 unspecified atom stereocenters. The predicted molar refractivity (Wildman–Crippen MR) is 85.3 cm³/mol. The Morgan fingerprint density at radius 2 is 1.95 bits per heavy atom. The molecule has 5 heteroatoms. The van der Waals surface area contributed by atoms with Crippen LogP contribution in [0.15, 0.2) is 0 Å². The molecule has 0 atom stereocenters. The molecule has 2 rings (SSSR count). The number of unbranched alkanes of at least 4 members (excludes halogenated alkanes) is 2. The lowest BCUT2D eigenvalue weighted by Gasteiger charge is -2.21. The Morgan fingerprint density at radius 3 is 2.65 bits per heavy atom. The van der Waals surface area contributed by atoms with E-state index < -0.39 is 0 Å². The highest BCUT2D eigenvalue weighted by Crippen LogP contribution is 2.33. The van der Waals surface area contributed by atoms with Crippen molar-refractivity contribution in [3.63, 3.8) is 0 Å². The maximum absolute atomic E-state index is 6.16. The fourth-order valence-corrected chi connectivity index (χ4v) is 2.89. The second kappa shape index (κ2) is 7.67. The first-order valence-electron chi connectivity index (χ1n) is 7.79. The molecule has 4 nitrogen and oxygen atoms in total. The molecule has 0 amide bonds. The average Bonchev–Trinajstić information content (AvgIpc) is 2.48. The summed E-state index contributed by atoms with van der Waals surface area (Å²) < 4.78 is 0. The molecule has 0 spiro atoms. The van der Waals surface area contributed by atoms with E-state index in [1.807, 2.05) is 0 Å². The zero-order chi connectivity index (χ0) is 14.4. The molecule has 0 saturated heterocycles. The third kappa shape index (κ3) is 3.98. The van der Waals surface area contributed by atoms with E-state index in [4.69, 9.17) is 17.3 Å². The highest BCUT2D eigenvalue weighted by molar-refractivity contribution is 6.32. The van der Waals surface area contributed by atoms with Gasteiger partial charge in [0, 0.05) is 12.5 Å². The molecule has 112 valence electrons. The minimum atomic E-state index is 0.388. The fourth-order valence-electron chi connectivity index (χ4n) is 2.72. The highest BCUT2D eigenvalue weighted by atomic mass is 35.5. The topological polar surface area (TPSA) is 63.8 Å². The second-order valence-electron chi connectivity index (χ2n) is 5.60. The Labute approximate surface area is 126 Å². The number of nitrogens with zero attached hydrogens (tertiary/aromatic N) is 2. The van der Waals surface area contributed by atoms with Crippen LogP contribution in [0.1, 0.15) is 70.0 Å². The van der Waals surface area contributed by atoms with Crippen LogP contribution in [0.25, 0.3) is 0 Å². The van der Waals surface area contributed by atoms with Crippen molar-refractivity contribution in [1.29, 1.82) is 0 Å². The van der Waals surface area contributed by atoms with Gasteiger partial charge in [0.05, 0.1) is 0 Å². The molecular weight excluding hydrogens is 272 g/mol. The van der Waals surface area contributed by atoms with Crippen LogP contribution in [0, 0.1) is 0 Å². The minimum absolute atomic E-state index is 0.388. The molecule has 1 aliphatic carbocycles. The number of anilines is 2. The molecule has 1 aliphatic rings. The molecule has 1 saturated carbocycles. The third-order valence-electron chi connectivity index (χ3n) is 3.96. The van der Waals surface area contributed by atoms with Gasteiger partial charge in [0.15, 0.2) is 11.0 Å². The van der Waals surface area contributed by atoms with Crippen molar-refractivity contribution in [2.24, 2.45) is 0 Å². The van der Waals surface area contributed by atoms with Gasteiger partial charge in [-0.3, -0.25) is 0 Å². The predicted octanol–water partition coefficient (Wildman–Crippen LogP) is 4.36.